The number of benzene rings is 1. The van der Waals surface area contributed by atoms with E-state index < -0.39 is 65.8 Å². The predicted molar refractivity (Wildman–Crippen MR) is 177 cm³/mol. The first-order valence-electron chi connectivity index (χ1n) is 16.4. The minimum atomic E-state index is -0.998. The maximum atomic E-state index is 14.1. The normalized spacial score (nSPS) is 28.6. The topological polar surface area (TPSA) is 175 Å². The van der Waals surface area contributed by atoms with E-state index in [-0.39, 0.29) is 37.1 Å². The molecular weight excluding hydrogens is 624 g/mol. The van der Waals surface area contributed by atoms with Crippen molar-refractivity contribution in [2.45, 2.75) is 89.1 Å². The number of amides is 6. The van der Waals surface area contributed by atoms with Gasteiger partial charge >= 0.3 is 0 Å². The Labute approximate surface area is 280 Å². The van der Waals surface area contributed by atoms with Crippen LogP contribution in [0.1, 0.15) is 64.5 Å². The average Bonchev–Trinajstić information content (AvgIpc) is 3.48. The van der Waals surface area contributed by atoms with E-state index in [1.165, 1.54) is 16.7 Å². The quantitative estimate of drug-likeness (QED) is 0.281. The molecule has 1 aromatic rings. The number of nitrogens with zero attached hydrogens (tertiary/aromatic N) is 1. The van der Waals surface area contributed by atoms with E-state index in [1.807, 2.05) is 12.3 Å². The van der Waals surface area contributed by atoms with E-state index in [1.54, 1.807) is 45.0 Å². The Hall–Kier alpha value is -3.65. The summed E-state index contributed by atoms with van der Waals surface area (Å²) in [5, 5.41) is 14.3. The molecule has 0 aliphatic carbocycles. The Kier molecular flexibility index (Phi) is 13.1. The van der Waals surface area contributed by atoms with Gasteiger partial charge in [0.25, 0.3) is 0 Å². The predicted octanol–water partition coefficient (Wildman–Crippen LogP) is 0.643. The van der Waals surface area contributed by atoms with Crippen molar-refractivity contribution in [3.05, 3.63) is 35.9 Å². The third kappa shape index (κ3) is 9.69. The molecule has 3 saturated heterocycles. The van der Waals surface area contributed by atoms with Gasteiger partial charge in [0.2, 0.25) is 35.4 Å². The van der Waals surface area contributed by atoms with Crippen molar-refractivity contribution in [3.8, 4) is 0 Å². The molecule has 6 atom stereocenters. The van der Waals surface area contributed by atoms with Crippen molar-refractivity contribution >= 4 is 47.2 Å². The molecule has 47 heavy (non-hydrogen) atoms. The molecule has 13 nitrogen and oxygen atoms in total. The van der Waals surface area contributed by atoms with Gasteiger partial charge in [0.05, 0.1) is 12.5 Å². The molecule has 3 aliphatic rings. The van der Waals surface area contributed by atoms with Gasteiger partial charge in [0, 0.05) is 31.7 Å². The van der Waals surface area contributed by atoms with Gasteiger partial charge in [0.15, 0.2) is 0 Å². The van der Waals surface area contributed by atoms with E-state index in [4.69, 9.17) is 4.74 Å². The van der Waals surface area contributed by atoms with E-state index in [0.29, 0.717) is 43.8 Å². The van der Waals surface area contributed by atoms with Gasteiger partial charge in [-0.2, -0.15) is 11.8 Å². The van der Waals surface area contributed by atoms with Gasteiger partial charge in [-0.3, -0.25) is 28.8 Å². The zero-order chi connectivity index (χ0) is 34.1. The summed E-state index contributed by atoms with van der Waals surface area (Å²) in [5.74, 6) is -2.62. The lowest BCUT2D eigenvalue weighted by molar-refractivity contribution is -0.143. The van der Waals surface area contributed by atoms with Crippen molar-refractivity contribution < 1.29 is 33.5 Å². The second-order valence-corrected chi connectivity index (χ2v) is 13.9. The number of hydrogen-bond acceptors (Lipinski definition) is 8. The van der Waals surface area contributed by atoms with E-state index in [2.05, 4.69) is 26.6 Å². The summed E-state index contributed by atoms with van der Waals surface area (Å²) in [7, 11) is 0. The standard InChI is InChI=1S/C33H48N6O7S/c1-19(2)28-33(45)39-18-23(35-30(42)22-10-13-46-14-11-22)16-26(39)32(44)34-20(3)29(41)37-25(21-8-6-5-7-9-21)17-27(40)36-24(12-15-47-4)31(43)38-28/h5-9,19-20,22-26,28H,10-18H2,1-4H3,(H,34,44)(H,35,42)(H,36,40)(H,37,41)(H,38,43)/t20-,23-,24-,25-,26-,28-/m0/s1. The third-order valence-corrected chi connectivity index (χ3v) is 9.62. The van der Waals surface area contributed by atoms with E-state index in [9.17, 15) is 28.8 Å². The molecule has 0 spiro atoms. The monoisotopic (exact) mass is 672 g/mol. The summed E-state index contributed by atoms with van der Waals surface area (Å²) in [4.78, 5) is 82.9. The van der Waals surface area contributed by atoms with Gasteiger partial charge in [-0.15, -0.1) is 0 Å². The largest absolute Gasteiger partial charge is 0.381 e. The van der Waals surface area contributed by atoms with Crippen molar-refractivity contribution in [2.24, 2.45) is 11.8 Å². The number of rotatable bonds is 7. The second-order valence-electron chi connectivity index (χ2n) is 12.9. The summed E-state index contributed by atoms with van der Waals surface area (Å²) >= 11 is 1.52. The van der Waals surface area contributed by atoms with Gasteiger partial charge in [-0.1, -0.05) is 44.2 Å². The first-order chi connectivity index (χ1) is 22.5. The Morgan fingerprint density at radius 2 is 1.68 bits per heavy atom. The molecule has 0 bridgehead atoms. The van der Waals surface area contributed by atoms with Crippen molar-refractivity contribution in [3.63, 3.8) is 0 Å². The minimum absolute atomic E-state index is 0.0638. The molecule has 0 saturated carbocycles. The van der Waals surface area contributed by atoms with Crippen LogP contribution in [0.15, 0.2) is 30.3 Å². The van der Waals surface area contributed by atoms with E-state index in [0.717, 1.165) is 0 Å². The number of carbonyl (C=O) groups excluding carboxylic acids is 6. The first-order valence-corrected chi connectivity index (χ1v) is 17.8. The second kappa shape index (κ2) is 17.0. The lowest BCUT2D eigenvalue weighted by atomic mass is 9.99. The molecule has 0 radical (unpaired) electrons. The lowest BCUT2D eigenvalue weighted by Gasteiger charge is -2.32. The van der Waals surface area contributed by atoms with Crippen LogP contribution < -0.4 is 26.6 Å². The van der Waals surface area contributed by atoms with Crippen LogP contribution in [-0.4, -0.2) is 102 Å². The molecule has 4 rings (SSSR count). The fraction of sp³-hybridized carbons (Fsp3) is 0.636. The van der Waals surface area contributed by atoms with Crippen LogP contribution in [-0.2, 0) is 33.5 Å². The van der Waals surface area contributed by atoms with Crippen molar-refractivity contribution in [2.75, 3.05) is 31.8 Å². The summed E-state index contributed by atoms with van der Waals surface area (Å²) in [6, 6.07) is 3.88. The van der Waals surface area contributed by atoms with Crippen molar-refractivity contribution in [1.29, 1.82) is 0 Å². The summed E-state index contributed by atoms with van der Waals surface area (Å²) in [5.41, 5.74) is 0.691. The van der Waals surface area contributed by atoms with Gasteiger partial charge in [0.1, 0.15) is 24.2 Å². The van der Waals surface area contributed by atoms with Crippen LogP contribution >= 0.6 is 11.8 Å². The molecule has 6 amide bonds. The number of thioether (sulfide) groups is 1. The SMILES string of the molecule is CSCC[C@@H]1NC(=O)C[C@@H](c2ccccc2)NC(=O)[C@H](C)NC(=O)[C@@H]2C[C@H](NC(=O)C3CCOCC3)CN2C(=O)[C@H](C(C)C)NC1=O. The highest BCUT2D eigenvalue weighted by molar-refractivity contribution is 7.98. The summed E-state index contributed by atoms with van der Waals surface area (Å²) in [6.07, 6.45) is 3.42. The number of ether oxygens (including phenoxy) is 1. The number of hydrogen-bond donors (Lipinski definition) is 5. The fourth-order valence-corrected chi connectivity index (χ4v) is 6.68. The lowest BCUT2D eigenvalue weighted by Crippen LogP contribution is -2.59. The Morgan fingerprint density at radius 3 is 2.34 bits per heavy atom. The molecule has 0 aromatic heterocycles. The zero-order valence-corrected chi connectivity index (χ0v) is 28.4. The van der Waals surface area contributed by atoms with Gasteiger partial charge in [-0.25, -0.2) is 0 Å². The number of fused-ring (bicyclic) bond motifs is 1. The molecule has 258 valence electrons. The molecule has 3 aliphatic heterocycles. The zero-order valence-electron chi connectivity index (χ0n) is 27.6. The number of carbonyl (C=O) groups is 6. The molecule has 3 fully saturated rings. The molecule has 5 N–H and O–H groups in total. The average molecular weight is 673 g/mol. The van der Waals surface area contributed by atoms with Crippen molar-refractivity contribution in [1.82, 2.24) is 31.5 Å². The van der Waals surface area contributed by atoms with Crippen LogP contribution in [0.4, 0.5) is 0 Å². The highest BCUT2D eigenvalue weighted by Gasteiger charge is 2.44. The van der Waals surface area contributed by atoms with Gasteiger partial charge in [-0.05, 0) is 56.1 Å². The van der Waals surface area contributed by atoms with E-state index >= 15 is 0 Å². The maximum absolute atomic E-state index is 14.1. The van der Waals surface area contributed by atoms with Crippen LogP contribution in [0.3, 0.4) is 0 Å². The third-order valence-electron chi connectivity index (χ3n) is 8.98. The smallest absolute Gasteiger partial charge is 0.246 e. The Balaban J connectivity index is 1.65. The Bertz CT molecular complexity index is 1290. The number of nitrogens with one attached hydrogen (secondary N) is 5. The molecular formula is C33H48N6O7S. The summed E-state index contributed by atoms with van der Waals surface area (Å²) in [6.45, 7) is 6.19. The highest BCUT2D eigenvalue weighted by Crippen LogP contribution is 2.24. The van der Waals surface area contributed by atoms with Crippen LogP contribution in [0.2, 0.25) is 0 Å². The maximum Gasteiger partial charge on any atom is 0.246 e. The molecule has 3 heterocycles. The summed E-state index contributed by atoms with van der Waals surface area (Å²) < 4.78 is 5.38. The van der Waals surface area contributed by atoms with Crippen LogP contribution in [0, 0.1) is 11.8 Å². The minimum Gasteiger partial charge on any atom is -0.381 e. The Morgan fingerprint density at radius 1 is 0.979 bits per heavy atom. The van der Waals surface area contributed by atoms with Crippen LogP contribution in [0.5, 0.6) is 0 Å². The molecule has 14 heteroatoms. The first kappa shape index (κ1) is 36.2. The van der Waals surface area contributed by atoms with Gasteiger partial charge < -0.3 is 36.2 Å². The van der Waals surface area contributed by atoms with Crippen LogP contribution in [0.25, 0.3) is 0 Å². The highest BCUT2D eigenvalue weighted by atomic mass is 32.2. The molecule has 0 unspecified atom stereocenters. The fourth-order valence-electron chi connectivity index (χ4n) is 6.21. The molecule has 1 aromatic carbocycles.